The van der Waals surface area contributed by atoms with Gasteiger partial charge in [0.15, 0.2) is 0 Å². The molecule has 3 N–H and O–H groups in total. The number of nitrogens with one attached hydrogen (secondary N) is 1. The van der Waals surface area contributed by atoms with Crippen LogP contribution in [-0.2, 0) is 9.59 Å². The quantitative estimate of drug-likeness (QED) is 0.684. The van der Waals surface area contributed by atoms with Crippen LogP contribution in [0.1, 0.15) is 72.1 Å². The van der Waals surface area contributed by atoms with Crippen LogP contribution in [0.4, 0.5) is 13.2 Å². The zero-order chi connectivity index (χ0) is 23.4. The maximum atomic E-state index is 16.3. The minimum Gasteiger partial charge on any atom is -0.369 e. The summed E-state index contributed by atoms with van der Waals surface area (Å²) in [7, 11) is 0. The zero-order valence-corrected chi connectivity index (χ0v) is 19.4. The second-order valence-electron chi connectivity index (χ2n) is 13.0. The first-order valence-electron chi connectivity index (χ1n) is 12.0. The number of alkyl halides is 3. The molecule has 0 aromatic heterocycles. The largest absolute Gasteiger partial charge is 0.369 e. The number of halogens is 3. The van der Waals surface area contributed by atoms with Crippen LogP contribution >= 0.6 is 0 Å². The maximum Gasteiger partial charge on any atom is 0.234 e. The van der Waals surface area contributed by atoms with Gasteiger partial charge in [-0.15, -0.1) is 0 Å². The lowest BCUT2D eigenvalue weighted by Gasteiger charge is -2.66. The molecule has 1 spiro atoms. The van der Waals surface area contributed by atoms with Crippen LogP contribution in [0.3, 0.4) is 0 Å². The van der Waals surface area contributed by atoms with Gasteiger partial charge in [-0.1, -0.05) is 0 Å². The fourth-order valence-corrected chi connectivity index (χ4v) is 8.50. The number of piperidine rings is 1. The predicted octanol–water partition coefficient (Wildman–Crippen LogP) is 3.21. The van der Waals surface area contributed by atoms with E-state index in [-0.39, 0.29) is 54.9 Å². The predicted molar refractivity (Wildman–Crippen MR) is 114 cm³/mol. The summed E-state index contributed by atoms with van der Waals surface area (Å²) < 4.78 is 47.2. The van der Waals surface area contributed by atoms with Gasteiger partial charge < -0.3 is 11.1 Å². The standard InChI is InChI=1S/C24H36F3N3O2/c1-19(2,3)29-16(31)9-30-6-4-20(5-7-30)8-15(20)17-23(18(28)32)11-21(25)10-22(26,12-23)14-24(17,27)13-21/h15,17H,4-14H2,1-3H3,(H2,28,32)(H,29,31)/t15-,17?,21?,22?,23?,24?/m1/s1. The van der Waals surface area contributed by atoms with Crippen LogP contribution in [-0.4, -0.2) is 58.9 Å². The van der Waals surface area contributed by atoms with Crippen LogP contribution in [0, 0.1) is 22.7 Å². The first kappa shape index (κ1) is 22.5. The van der Waals surface area contributed by atoms with Gasteiger partial charge >= 0.3 is 0 Å². The second-order valence-corrected chi connectivity index (χ2v) is 13.0. The third-order valence-corrected chi connectivity index (χ3v) is 9.15. The van der Waals surface area contributed by atoms with Crippen LogP contribution in [0.15, 0.2) is 0 Å². The van der Waals surface area contributed by atoms with Gasteiger partial charge in [-0.2, -0.15) is 0 Å². The summed E-state index contributed by atoms with van der Waals surface area (Å²) >= 11 is 0. The van der Waals surface area contributed by atoms with E-state index in [1.807, 2.05) is 20.8 Å². The molecule has 0 aromatic rings. The molecule has 4 bridgehead atoms. The van der Waals surface area contributed by atoms with Crippen molar-refractivity contribution in [2.24, 2.45) is 28.4 Å². The summed E-state index contributed by atoms with van der Waals surface area (Å²) in [6.45, 7) is 7.61. The van der Waals surface area contributed by atoms with Crippen molar-refractivity contribution in [1.29, 1.82) is 0 Å². The third kappa shape index (κ3) is 3.38. The van der Waals surface area contributed by atoms with E-state index in [9.17, 15) is 9.59 Å². The van der Waals surface area contributed by atoms with E-state index in [4.69, 9.17) is 5.73 Å². The minimum atomic E-state index is -2.01. The van der Waals surface area contributed by atoms with Crippen molar-refractivity contribution in [1.82, 2.24) is 10.2 Å². The van der Waals surface area contributed by atoms with Crippen molar-refractivity contribution in [3.8, 4) is 0 Å². The number of hydrogen-bond donors (Lipinski definition) is 2. The Kier molecular flexibility index (Phi) is 4.51. The Morgan fingerprint density at radius 3 is 2.06 bits per heavy atom. The second kappa shape index (κ2) is 6.42. The Hall–Kier alpha value is -1.31. The van der Waals surface area contributed by atoms with Gasteiger partial charge in [-0.3, -0.25) is 14.5 Å². The fraction of sp³-hybridized carbons (Fsp3) is 0.917. The maximum absolute atomic E-state index is 16.3. The van der Waals surface area contributed by atoms with Crippen LogP contribution in [0.5, 0.6) is 0 Å². The number of amides is 2. The lowest BCUT2D eigenvalue weighted by molar-refractivity contribution is -0.252. The molecule has 0 aromatic carbocycles. The Labute approximate surface area is 188 Å². The van der Waals surface area contributed by atoms with Gasteiger partial charge in [0.2, 0.25) is 11.8 Å². The molecule has 180 valence electrons. The van der Waals surface area contributed by atoms with Crippen molar-refractivity contribution in [3.63, 3.8) is 0 Å². The van der Waals surface area contributed by atoms with Gasteiger partial charge in [0, 0.05) is 30.7 Å². The topological polar surface area (TPSA) is 75.4 Å². The molecule has 5 aliphatic carbocycles. The highest BCUT2D eigenvalue weighted by Gasteiger charge is 2.80. The Balaban J connectivity index is 1.31. The zero-order valence-electron chi connectivity index (χ0n) is 19.4. The molecule has 1 aliphatic heterocycles. The molecule has 0 radical (unpaired) electrons. The van der Waals surface area contributed by atoms with Crippen LogP contribution < -0.4 is 11.1 Å². The average molecular weight is 456 g/mol. The summed E-state index contributed by atoms with van der Waals surface area (Å²) in [6, 6.07) is 0. The van der Waals surface area contributed by atoms with Crippen molar-refractivity contribution < 1.29 is 22.8 Å². The number of hydrogen-bond acceptors (Lipinski definition) is 3. The molecular formula is C24H36F3N3O2. The molecule has 8 heteroatoms. The van der Waals surface area contributed by atoms with Gasteiger partial charge in [0.05, 0.1) is 12.0 Å². The van der Waals surface area contributed by atoms with E-state index >= 15 is 13.2 Å². The molecule has 6 fully saturated rings. The van der Waals surface area contributed by atoms with Crippen molar-refractivity contribution in [3.05, 3.63) is 0 Å². The highest BCUT2D eigenvalue weighted by Crippen LogP contribution is 2.77. The van der Waals surface area contributed by atoms with E-state index < -0.39 is 34.2 Å². The number of likely N-dealkylation sites (tertiary alicyclic amines) is 1. The van der Waals surface area contributed by atoms with E-state index in [0.717, 1.165) is 32.4 Å². The summed E-state index contributed by atoms with van der Waals surface area (Å²) in [5.74, 6) is -1.52. The molecular weight excluding hydrogens is 419 g/mol. The number of rotatable bonds is 4. The van der Waals surface area contributed by atoms with Crippen LogP contribution in [0.2, 0.25) is 0 Å². The Bertz CT molecular complexity index is 830. The smallest absolute Gasteiger partial charge is 0.234 e. The van der Waals surface area contributed by atoms with E-state index in [2.05, 4.69) is 10.2 Å². The number of carbonyl (C=O) groups is 2. The molecule has 2 amide bonds. The van der Waals surface area contributed by atoms with E-state index in [1.165, 1.54) is 0 Å². The summed E-state index contributed by atoms with van der Waals surface area (Å²) in [6.07, 6.45) is 1.20. The van der Waals surface area contributed by atoms with E-state index in [1.54, 1.807) is 0 Å². The normalized spacial score (nSPS) is 46.9. The van der Waals surface area contributed by atoms with Gasteiger partial charge in [-0.05, 0) is 77.3 Å². The van der Waals surface area contributed by atoms with Gasteiger partial charge in [0.1, 0.15) is 17.0 Å². The first-order chi connectivity index (χ1) is 14.6. The van der Waals surface area contributed by atoms with Crippen LogP contribution in [0.25, 0.3) is 0 Å². The Morgan fingerprint density at radius 1 is 1.00 bits per heavy atom. The monoisotopic (exact) mass is 455 g/mol. The Morgan fingerprint density at radius 2 is 1.56 bits per heavy atom. The summed E-state index contributed by atoms with van der Waals surface area (Å²) in [4.78, 5) is 27.0. The highest BCUT2D eigenvalue weighted by molar-refractivity contribution is 5.83. The highest BCUT2D eigenvalue weighted by atomic mass is 19.2. The summed E-state index contributed by atoms with van der Waals surface area (Å²) in [5.41, 5.74) is -1.99. The van der Waals surface area contributed by atoms with Crippen molar-refractivity contribution >= 4 is 11.8 Å². The van der Waals surface area contributed by atoms with Crippen molar-refractivity contribution in [2.45, 2.75) is 94.7 Å². The lowest BCUT2D eigenvalue weighted by atomic mass is 9.40. The SMILES string of the molecule is CC(C)(C)NC(=O)CN1CCC2(CC1)C[C@@H]2C1C2(F)CC3(F)CC(F)(C2)CC1(C(N)=O)C3. The number of nitrogens with zero attached hydrogens (tertiary/aromatic N) is 1. The number of carbonyl (C=O) groups excluding carboxylic acids is 2. The van der Waals surface area contributed by atoms with E-state index in [0.29, 0.717) is 6.54 Å². The lowest BCUT2D eigenvalue weighted by Crippen LogP contribution is -2.73. The molecule has 5 nitrogen and oxygen atoms in total. The number of nitrogens with two attached hydrogens (primary N) is 1. The third-order valence-electron chi connectivity index (χ3n) is 9.15. The number of primary amides is 1. The molecule has 6 rings (SSSR count). The molecule has 1 heterocycles. The molecule has 32 heavy (non-hydrogen) atoms. The molecule has 5 saturated carbocycles. The van der Waals surface area contributed by atoms with Gasteiger partial charge in [0.25, 0.3) is 0 Å². The van der Waals surface area contributed by atoms with Gasteiger partial charge in [-0.25, -0.2) is 13.2 Å². The van der Waals surface area contributed by atoms with Crippen molar-refractivity contribution in [2.75, 3.05) is 19.6 Å². The molecule has 4 atom stereocenters. The minimum absolute atomic E-state index is 0.0151. The fourth-order valence-electron chi connectivity index (χ4n) is 8.50. The first-order valence-corrected chi connectivity index (χ1v) is 12.0. The molecule has 1 saturated heterocycles. The summed E-state index contributed by atoms with van der Waals surface area (Å²) in [5, 5.41) is 2.98. The molecule has 6 aliphatic rings. The average Bonchev–Trinajstić information content (AvgIpc) is 3.24. The molecule has 3 unspecified atom stereocenters.